The summed E-state index contributed by atoms with van der Waals surface area (Å²) >= 11 is 5.98. The lowest BCUT2D eigenvalue weighted by Gasteiger charge is -2.34. The van der Waals surface area contributed by atoms with Crippen LogP contribution < -0.4 is 14.4 Å². The molecule has 3 rings (SSSR count). The van der Waals surface area contributed by atoms with Gasteiger partial charge in [0.05, 0.1) is 18.5 Å². The molecule has 0 saturated carbocycles. The van der Waals surface area contributed by atoms with Crippen LogP contribution in [0.1, 0.15) is 25.3 Å². The minimum atomic E-state index is -3.60. The van der Waals surface area contributed by atoms with Crippen molar-refractivity contribution in [2.45, 2.75) is 25.9 Å². The minimum Gasteiger partial charge on any atom is -0.476 e. The van der Waals surface area contributed by atoms with Crippen LogP contribution >= 0.6 is 11.6 Å². The molecule has 0 fully saturated rings. The van der Waals surface area contributed by atoms with E-state index in [0.29, 0.717) is 28.1 Å². The summed E-state index contributed by atoms with van der Waals surface area (Å²) in [4.78, 5) is 12.7. The van der Waals surface area contributed by atoms with E-state index in [9.17, 15) is 13.2 Å². The Morgan fingerprint density at radius 2 is 1.89 bits per heavy atom. The number of hydrogen-bond acceptors (Lipinski definition) is 4. The second kappa shape index (κ2) is 7.40. The summed E-state index contributed by atoms with van der Waals surface area (Å²) in [5.41, 5.74) is 2.12. The maximum atomic E-state index is 12.7. The Kier molecular flexibility index (Phi) is 5.35. The maximum absolute atomic E-state index is 12.7. The number of carbonyl (C=O) groups excluding carboxylic acids is 1. The zero-order valence-corrected chi connectivity index (χ0v) is 16.8. The molecule has 8 heteroatoms. The van der Waals surface area contributed by atoms with Gasteiger partial charge in [0, 0.05) is 10.7 Å². The summed E-state index contributed by atoms with van der Waals surface area (Å²) in [6.07, 6.45) is 0.112. The van der Waals surface area contributed by atoms with Crippen molar-refractivity contribution in [2.75, 3.05) is 22.4 Å². The number of amides is 1. The molecule has 0 bridgehead atoms. The van der Waals surface area contributed by atoms with Gasteiger partial charge in [0.15, 0.2) is 6.10 Å². The van der Waals surface area contributed by atoms with Crippen LogP contribution in [0.5, 0.6) is 5.75 Å². The summed E-state index contributed by atoms with van der Waals surface area (Å²) in [5.74, 6) is 0.274. The lowest BCUT2D eigenvalue weighted by Crippen LogP contribution is -2.48. The number of hydrogen-bond donors (Lipinski definition) is 1. The summed E-state index contributed by atoms with van der Waals surface area (Å²) in [7, 11) is -3.60. The Bertz CT molecular complexity index is 958. The summed E-state index contributed by atoms with van der Waals surface area (Å²) in [5, 5.41) is 3.17. The molecule has 0 unspecified atom stereocenters. The number of benzene rings is 2. The van der Waals surface area contributed by atoms with Gasteiger partial charge in [0.2, 0.25) is 10.0 Å². The van der Waals surface area contributed by atoms with E-state index in [0.717, 1.165) is 16.1 Å². The second-order valence-electron chi connectivity index (χ2n) is 6.78. The fourth-order valence-corrected chi connectivity index (χ4v) is 3.92. The van der Waals surface area contributed by atoms with Crippen molar-refractivity contribution in [1.82, 2.24) is 0 Å². The SMILES string of the molecule is CC(C)c1ccc(NC(=O)[C@@H]2CN(S(C)(=O)=O)c3cc(Cl)ccc3O2)cc1. The molecule has 1 amide bonds. The minimum absolute atomic E-state index is 0.123. The Morgan fingerprint density at radius 3 is 2.48 bits per heavy atom. The molecule has 0 radical (unpaired) electrons. The first-order chi connectivity index (χ1) is 12.6. The average Bonchev–Trinajstić information content (AvgIpc) is 2.60. The number of halogens is 1. The van der Waals surface area contributed by atoms with E-state index in [1.165, 1.54) is 6.07 Å². The van der Waals surface area contributed by atoms with Crippen LogP contribution in [0, 0.1) is 0 Å². The number of rotatable bonds is 4. The number of nitrogens with one attached hydrogen (secondary N) is 1. The first-order valence-electron chi connectivity index (χ1n) is 8.50. The highest BCUT2D eigenvalue weighted by Crippen LogP contribution is 2.37. The molecular weight excluding hydrogens is 388 g/mol. The number of sulfonamides is 1. The van der Waals surface area contributed by atoms with Gasteiger partial charge in [-0.3, -0.25) is 9.10 Å². The van der Waals surface area contributed by atoms with Crippen LogP contribution in [0.15, 0.2) is 42.5 Å². The normalized spacial score (nSPS) is 16.6. The standard InChI is InChI=1S/C19H21ClN2O4S/c1-12(2)13-4-7-15(8-5-13)21-19(23)18-11-22(27(3,24)25)16-10-14(20)6-9-17(16)26-18/h4-10,12,18H,11H2,1-3H3,(H,21,23)/t18-/m0/s1. The van der Waals surface area contributed by atoms with Gasteiger partial charge in [-0.25, -0.2) is 8.42 Å². The molecular formula is C19H21ClN2O4S. The van der Waals surface area contributed by atoms with Crippen LogP contribution in [0.25, 0.3) is 0 Å². The highest BCUT2D eigenvalue weighted by atomic mass is 35.5. The highest BCUT2D eigenvalue weighted by molar-refractivity contribution is 7.92. The molecule has 2 aromatic rings. The van der Waals surface area contributed by atoms with Gasteiger partial charge in [-0.05, 0) is 41.8 Å². The predicted molar refractivity (Wildman–Crippen MR) is 107 cm³/mol. The van der Waals surface area contributed by atoms with E-state index in [-0.39, 0.29) is 6.54 Å². The molecule has 1 aliphatic heterocycles. The number of fused-ring (bicyclic) bond motifs is 1. The molecule has 2 aromatic carbocycles. The molecule has 0 aromatic heterocycles. The molecule has 1 aliphatic rings. The summed E-state index contributed by atoms with van der Waals surface area (Å²) in [6, 6.07) is 12.2. The lowest BCUT2D eigenvalue weighted by atomic mass is 10.0. The topological polar surface area (TPSA) is 75.7 Å². The molecule has 144 valence electrons. The monoisotopic (exact) mass is 408 g/mol. The van der Waals surface area contributed by atoms with Crippen LogP contribution in [0.3, 0.4) is 0 Å². The van der Waals surface area contributed by atoms with Crippen LogP contribution in [0.2, 0.25) is 5.02 Å². The summed E-state index contributed by atoms with van der Waals surface area (Å²) in [6.45, 7) is 4.06. The predicted octanol–water partition coefficient (Wildman–Crippen LogP) is 3.63. The molecule has 1 atom stereocenters. The Labute approximate surface area is 164 Å². The van der Waals surface area contributed by atoms with Crippen LogP contribution in [-0.4, -0.2) is 33.2 Å². The van der Waals surface area contributed by atoms with Gasteiger partial charge in [0.1, 0.15) is 5.75 Å². The third-order valence-electron chi connectivity index (χ3n) is 4.33. The lowest BCUT2D eigenvalue weighted by molar-refractivity contribution is -0.122. The largest absolute Gasteiger partial charge is 0.476 e. The second-order valence-corrected chi connectivity index (χ2v) is 9.12. The number of nitrogens with zero attached hydrogens (tertiary/aromatic N) is 1. The van der Waals surface area contributed by atoms with E-state index >= 15 is 0 Å². The molecule has 6 nitrogen and oxygen atoms in total. The first kappa shape index (κ1) is 19.5. The molecule has 0 spiro atoms. The summed E-state index contributed by atoms with van der Waals surface area (Å²) < 4.78 is 31.2. The fraction of sp³-hybridized carbons (Fsp3) is 0.316. The number of carbonyl (C=O) groups is 1. The van der Waals surface area contributed by atoms with Crippen molar-refractivity contribution >= 4 is 38.9 Å². The van der Waals surface area contributed by atoms with Gasteiger partial charge < -0.3 is 10.1 Å². The van der Waals surface area contributed by atoms with E-state index in [2.05, 4.69) is 19.2 Å². The molecule has 1 N–H and O–H groups in total. The van der Waals surface area contributed by atoms with Crippen molar-refractivity contribution < 1.29 is 17.9 Å². The zero-order chi connectivity index (χ0) is 19.8. The van der Waals surface area contributed by atoms with Crippen molar-refractivity contribution in [3.05, 3.63) is 53.1 Å². The van der Waals surface area contributed by atoms with Crippen molar-refractivity contribution in [3.63, 3.8) is 0 Å². The van der Waals surface area contributed by atoms with Gasteiger partial charge in [-0.1, -0.05) is 37.6 Å². The fourth-order valence-electron chi connectivity index (χ4n) is 2.85. The van der Waals surface area contributed by atoms with Gasteiger partial charge in [-0.15, -0.1) is 0 Å². The van der Waals surface area contributed by atoms with Gasteiger partial charge in [-0.2, -0.15) is 0 Å². The quantitative estimate of drug-likeness (QED) is 0.838. The Morgan fingerprint density at radius 1 is 1.22 bits per heavy atom. The van der Waals surface area contributed by atoms with Crippen LogP contribution in [-0.2, 0) is 14.8 Å². The smallest absolute Gasteiger partial charge is 0.267 e. The van der Waals surface area contributed by atoms with E-state index in [1.54, 1.807) is 12.1 Å². The molecule has 0 aliphatic carbocycles. The van der Waals surface area contributed by atoms with E-state index in [4.69, 9.17) is 16.3 Å². The first-order valence-corrected chi connectivity index (χ1v) is 10.7. The Balaban J connectivity index is 1.82. The average molecular weight is 409 g/mol. The molecule has 1 heterocycles. The van der Waals surface area contributed by atoms with Gasteiger partial charge >= 0.3 is 0 Å². The van der Waals surface area contributed by atoms with E-state index < -0.39 is 22.0 Å². The van der Waals surface area contributed by atoms with Crippen molar-refractivity contribution in [3.8, 4) is 5.75 Å². The zero-order valence-electron chi connectivity index (χ0n) is 15.3. The third-order valence-corrected chi connectivity index (χ3v) is 5.71. The third kappa shape index (κ3) is 4.36. The number of ether oxygens (including phenoxy) is 1. The molecule has 27 heavy (non-hydrogen) atoms. The van der Waals surface area contributed by atoms with Crippen molar-refractivity contribution in [1.29, 1.82) is 0 Å². The number of anilines is 2. The highest BCUT2D eigenvalue weighted by Gasteiger charge is 2.35. The maximum Gasteiger partial charge on any atom is 0.267 e. The van der Waals surface area contributed by atoms with Crippen molar-refractivity contribution in [2.24, 2.45) is 0 Å². The van der Waals surface area contributed by atoms with E-state index in [1.807, 2.05) is 24.3 Å². The Hall–Kier alpha value is -2.25. The molecule has 0 saturated heterocycles. The van der Waals surface area contributed by atoms with Gasteiger partial charge in [0.25, 0.3) is 5.91 Å². The van der Waals surface area contributed by atoms with Crippen LogP contribution in [0.4, 0.5) is 11.4 Å².